The smallest absolute Gasteiger partial charge is 0.0232 e. The van der Waals surface area contributed by atoms with Crippen molar-refractivity contribution in [1.82, 2.24) is 5.32 Å². The molecule has 0 aliphatic heterocycles. The zero-order valence-electron chi connectivity index (χ0n) is 11.9. The molecule has 106 valence electrons. The van der Waals surface area contributed by atoms with Gasteiger partial charge in [0.1, 0.15) is 0 Å². The Bertz CT molecular complexity index is 520. The molecule has 0 spiro atoms. The van der Waals surface area contributed by atoms with E-state index in [4.69, 9.17) is 0 Å². The van der Waals surface area contributed by atoms with E-state index < -0.39 is 0 Å². The van der Waals surface area contributed by atoms with E-state index >= 15 is 0 Å². The number of hydrogen-bond donors (Lipinski definition) is 1. The third kappa shape index (κ3) is 5.31. The van der Waals surface area contributed by atoms with Crippen LogP contribution in [-0.4, -0.2) is 6.04 Å². The van der Waals surface area contributed by atoms with E-state index in [1.807, 2.05) is 11.8 Å². The first-order valence-electron chi connectivity index (χ1n) is 6.83. The average molecular weight is 350 g/mol. The molecule has 20 heavy (non-hydrogen) atoms. The van der Waals surface area contributed by atoms with E-state index in [9.17, 15) is 0 Å². The molecule has 0 fully saturated rings. The summed E-state index contributed by atoms with van der Waals surface area (Å²) in [6.45, 7) is 5.28. The molecular formula is C17H20BrNS. The van der Waals surface area contributed by atoms with Crippen LogP contribution in [0, 0.1) is 0 Å². The van der Waals surface area contributed by atoms with Crippen molar-refractivity contribution in [2.24, 2.45) is 0 Å². The van der Waals surface area contributed by atoms with Crippen LogP contribution in [0.4, 0.5) is 0 Å². The summed E-state index contributed by atoms with van der Waals surface area (Å²) in [4.78, 5) is 1.32. The van der Waals surface area contributed by atoms with Crippen LogP contribution in [0.15, 0.2) is 57.9 Å². The molecular weight excluding hydrogens is 330 g/mol. The van der Waals surface area contributed by atoms with E-state index in [1.54, 1.807) is 0 Å². The maximum absolute atomic E-state index is 3.46. The first-order chi connectivity index (χ1) is 9.63. The lowest BCUT2D eigenvalue weighted by atomic mass is 10.2. The van der Waals surface area contributed by atoms with Crippen molar-refractivity contribution in [1.29, 1.82) is 0 Å². The van der Waals surface area contributed by atoms with Crippen molar-refractivity contribution in [3.05, 3.63) is 64.1 Å². The number of benzene rings is 2. The van der Waals surface area contributed by atoms with Gasteiger partial charge in [0, 0.05) is 27.7 Å². The van der Waals surface area contributed by atoms with E-state index in [-0.39, 0.29) is 0 Å². The van der Waals surface area contributed by atoms with Crippen LogP contribution < -0.4 is 5.32 Å². The van der Waals surface area contributed by atoms with Gasteiger partial charge >= 0.3 is 0 Å². The number of halogens is 1. The normalized spacial score (nSPS) is 11.0. The zero-order chi connectivity index (χ0) is 14.4. The van der Waals surface area contributed by atoms with Crippen molar-refractivity contribution >= 4 is 27.7 Å². The van der Waals surface area contributed by atoms with Gasteiger partial charge in [-0.1, -0.05) is 54.0 Å². The van der Waals surface area contributed by atoms with Crippen LogP contribution in [0.2, 0.25) is 0 Å². The van der Waals surface area contributed by atoms with Crippen molar-refractivity contribution < 1.29 is 0 Å². The van der Waals surface area contributed by atoms with Gasteiger partial charge in [0.25, 0.3) is 0 Å². The van der Waals surface area contributed by atoms with Crippen LogP contribution >= 0.6 is 27.7 Å². The molecule has 0 atom stereocenters. The van der Waals surface area contributed by atoms with Crippen molar-refractivity contribution in [3.8, 4) is 0 Å². The van der Waals surface area contributed by atoms with Gasteiger partial charge < -0.3 is 5.32 Å². The molecule has 0 bridgehead atoms. The fraction of sp³-hybridized carbons (Fsp3) is 0.294. The molecule has 0 aliphatic carbocycles. The molecule has 1 nitrogen and oxygen atoms in total. The van der Waals surface area contributed by atoms with Crippen LogP contribution in [-0.2, 0) is 12.3 Å². The number of hydrogen-bond acceptors (Lipinski definition) is 2. The van der Waals surface area contributed by atoms with E-state index in [1.165, 1.54) is 16.0 Å². The third-order valence-electron chi connectivity index (χ3n) is 2.96. The molecule has 0 amide bonds. The minimum absolute atomic E-state index is 0.529. The van der Waals surface area contributed by atoms with Gasteiger partial charge in [-0.15, -0.1) is 11.8 Å². The zero-order valence-corrected chi connectivity index (χ0v) is 14.3. The highest BCUT2D eigenvalue weighted by Gasteiger charge is 1.99. The van der Waals surface area contributed by atoms with Gasteiger partial charge in [-0.3, -0.25) is 0 Å². The molecule has 2 rings (SSSR count). The van der Waals surface area contributed by atoms with Crippen LogP contribution in [0.5, 0.6) is 0 Å². The fourth-order valence-electron chi connectivity index (χ4n) is 1.77. The fourth-order valence-corrected chi connectivity index (χ4v) is 2.89. The lowest BCUT2D eigenvalue weighted by Crippen LogP contribution is -2.21. The quantitative estimate of drug-likeness (QED) is 0.715. The SMILES string of the molecule is CC(C)NCc1ccc(SCc2ccc(Br)cc2)cc1. The van der Waals surface area contributed by atoms with Crippen LogP contribution in [0.25, 0.3) is 0 Å². The van der Waals surface area contributed by atoms with Gasteiger partial charge in [-0.2, -0.15) is 0 Å². The van der Waals surface area contributed by atoms with Crippen LogP contribution in [0.3, 0.4) is 0 Å². The Morgan fingerprint density at radius 3 is 2.15 bits per heavy atom. The van der Waals surface area contributed by atoms with Gasteiger partial charge in [0.05, 0.1) is 0 Å². The first-order valence-corrected chi connectivity index (χ1v) is 8.61. The summed E-state index contributed by atoms with van der Waals surface area (Å²) < 4.78 is 1.13. The molecule has 0 saturated heterocycles. The molecule has 2 aromatic carbocycles. The predicted octanol–water partition coefficient (Wildman–Crippen LogP) is 5.24. The molecule has 3 heteroatoms. The molecule has 0 heterocycles. The lowest BCUT2D eigenvalue weighted by molar-refractivity contribution is 0.588. The first kappa shape index (κ1) is 15.6. The van der Waals surface area contributed by atoms with Crippen molar-refractivity contribution in [2.75, 3.05) is 0 Å². The van der Waals surface area contributed by atoms with Gasteiger partial charge in [-0.05, 0) is 35.4 Å². The van der Waals surface area contributed by atoms with Crippen molar-refractivity contribution in [2.45, 2.75) is 37.1 Å². The summed E-state index contributed by atoms with van der Waals surface area (Å²) in [6, 6.07) is 17.9. The maximum Gasteiger partial charge on any atom is 0.0232 e. The maximum atomic E-state index is 3.46. The summed E-state index contributed by atoms with van der Waals surface area (Å²) in [6.07, 6.45) is 0. The lowest BCUT2D eigenvalue weighted by Gasteiger charge is -2.08. The molecule has 1 N–H and O–H groups in total. The highest BCUT2D eigenvalue weighted by Crippen LogP contribution is 2.24. The topological polar surface area (TPSA) is 12.0 Å². The minimum atomic E-state index is 0.529. The molecule has 0 radical (unpaired) electrons. The second kappa shape index (κ2) is 7.87. The van der Waals surface area contributed by atoms with E-state index in [0.717, 1.165) is 16.8 Å². The second-order valence-corrected chi connectivity index (χ2v) is 7.06. The van der Waals surface area contributed by atoms with E-state index in [0.29, 0.717) is 6.04 Å². The number of thioether (sulfide) groups is 1. The minimum Gasteiger partial charge on any atom is -0.310 e. The monoisotopic (exact) mass is 349 g/mol. The third-order valence-corrected chi connectivity index (χ3v) is 4.57. The highest BCUT2D eigenvalue weighted by atomic mass is 79.9. The largest absolute Gasteiger partial charge is 0.310 e. The highest BCUT2D eigenvalue weighted by molar-refractivity contribution is 9.10. The summed E-state index contributed by atoms with van der Waals surface area (Å²) in [5, 5.41) is 3.43. The molecule has 0 saturated carbocycles. The number of rotatable bonds is 6. The Morgan fingerprint density at radius 2 is 1.55 bits per heavy atom. The Labute approximate surface area is 134 Å². The Morgan fingerprint density at radius 1 is 0.950 bits per heavy atom. The number of nitrogens with one attached hydrogen (secondary N) is 1. The Hall–Kier alpha value is -0.770. The van der Waals surface area contributed by atoms with E-state index in [2.05, 4.69) is 83.6 Å². The Balaban J connectivity index is 1.85. The summed E-state index contributed by atoms with van der Waals surface area (Å²) >= 11 is 5.34. The molecule has 0 aliphatic rings. The summed E-state index contributed by atoms with van der Waals surface area (Å²) in [5.74, 6) is 1.01. The molecule has 2 aromatic rings. The predicted molar refractivity (Wildman–Crippen MR) is 92.1 cm³/mol. The van der Waals surface area contributed by atoms with Gasteiger partial charge in [0.2, 0.25) is 0 Å². The average Bonchev–Trinajstić information content (AvgIpc) is 2.45. The molecule has 0 unspecified atom stereocenters. The molecule has 0 aromatic heterocycles. The summed E-state index contributed by atoms with van der Waals surface area (Å²) in [7, 11) is 0. The van der Waals surface area contributed by atoms with Crippen LogP contribution in [0.1, 0.15) is 25.0 Å². The van der Waals surface area contributed by atoms with Crippen molar-refractivity contribution in [3.63, 3.8) is 0 Å². The second-order valence-electron chi connectivity index (χ2n) is 5.09. The standard InChI is InChI=1S/C17H20BrNS/c1-13(2)19-11-14-5-9-17(10-6-14)20-12-15-3-7-16(18)8-4-15/h3-10,13,19H,11-12H2,1-2H3. The Kier molecular flexibility index (Phi) is 6.14. The summed E-state index contributed by atoms with van der Waals surface area (Å²) in [5.41, 5.74) is 2.69. The van der Waals surface area contributed by atoms with Gasteiger partial charge in [-0.25, -0.2) is 0 Å². The van der Waals surface area contributed by atoms with Gasteiger partial charge in [0.15, 0.2) is 0 Å².